The van der Waals surface area contributed by atoms with Gasteiger partial charge in [0, 0.05) is 13.3 Å². The number of carbonyl (C=O) groups is 2. The lowest BCUT2D eigenvalue weighted by molar-refractivity contribution is -0.139. The minimum absolute atomic E-state index is 0.0950. The third-order valence-electron chi connectivity index (χ3n) is 2.58. The van der Waals surface area contributed by atoms with Crippen LogP contribution in [0.3, 0.4) is 0 Å². The van der Waals surface area contributed by atoms with Crippen molar-refractivity contribution in [1.29, 1.82) is 0 Å². The van der Waals surface area contributed by atoms with Crippen LogP contribution in [0.25, 0.3) is 0 Å². The highest BCUT2D eigenvalue weighted by Crippen LogP contribution is 2.12. The van der Waals surface area contributed by atoms with Crippen LogP contribution in [-0.4, -0.2) is 46.2 Å². The maximum atomic E-state index is 12.1. The number of hydrogen-bond acceptors (Lipinski definition) is 5. The molecule has 1 unspecified atom stereocenters. The highest BCUT2D eigenvalue weighted by molar-refractivity contribution is 5.95. The van der Waals surface area contributed by atoms with E-state index in [0.29, 0.717) is 11.3 Å². The molecule has 0 saturated carbocycles. The van der Waals surface area contributed by atoms with Crippen LogP contribution in [0.1, 0.15) is 29.4 Å². The second-order valence-electron chi connectivity index (χ2n) is 4.54. The zero-order valence-corrected chi connectivity index (χ0v) is 11.1. The molecule has 0 fully saturated rings. The maximum Gasteiger partial charge on any atom is 0.305 e. The first kappa shape index (κ1) is 15.0. The molecule has 1 aromatic rings. The average molecular weight is 267 g/mol. The van der Waals surface area contributed by atoms with Crippen LogP contribution in [0.15, 0.2) is 12.5 Å². The van der Waals surface area contributed by atoms with E-state index in [1.807, 2.05) is 0 Å². The quantitative estimate of drug-likeness (QED) is 0.773. The van der Waals surface area contributed by atoms with Gasteiger partial charge in [-0.05, 0) is 13.8 Å². The summed E-state index contributed by atoms with van der Waals surface area (Å²) in [5.41, 5.74) is -0.141. The van der Waals surface area contributed by atoms with Crippen molar-refractivity contribution in [3.8, 4) is 0 Å². The van der Waals surface area contributed by atoms with Gasteiger partial charge in [0.05, 0.1) is 29.8 Å². The van der Waals surface area contributed by atoms with Crippen LogP contribution in [0.2, 0.25) is 0 Å². The van der Waals surface area contributed by atoms with Crippen LogP contribution in [-0.2, 0) is 9.53 Å². The molecule has 1 amide bonds. The van der Waals surface area contributed by atoms with E-state index in [1.54, 1.807) is 13.8 Å². The number of aryl methyl sites for hydroxylation is 1. The van der Waals surface area contributed by atoms with Crippen LogP contribution in [0, 0.1) is 6.92 Å². The number of ether oxygens (including phenoxy) is 1. The fourth-order valence-corrected chi connectivity index (χ4v) is 1.74. The molecule has 1 atom stereocenters. The number of nitrogens with one attached hydrogen (secondary N) is 1. The Hall–Kier alpha value is -2.02. The highest BCUT2D eigenvalue weighted by atomic mass is 16.5. The summed E-state index contributed by atoms with van der Waals surface area (Å²) < 4.78 is 4.97. The van der Waals surface area contributed by atoms with Crippen LogP contribution < -0.4 is 5.32 Å². The molecule has 7 nitrogen and oxygen atoms in total. The molecule has 0 radical (unpaired) electrons. The first-order valence-corrected chi connectivity index (χ1v) is 5.68. The van der Waals surface area contributed by atoms with Crippen LogP contribution in [0.4, 0.5) is 0 Å². The van der Waals surface area contributed by atoms with Crippen molar-refractivity contribution in [2.45, 2.75) is 25.8 Å². The first-order chi connectivity index (χ1) is 8.88. The van der Waals surface area contributed by atoms with E-state index in [2.05, 4.69) is 15.3 Å². The summed E-state index contributed by atoms with van der Waals surface area (Å²) in [5, 5.41) is 11.5. The third-order valence-corrected chi connectivity index (χ3v) is 2.58. The molecular weight excluding hydrogens is 250 g/mol. The van der Waals surface area contributed by atoms with Crippen molar-refractivity contribution >= 4 is 11.9 Å². The first-order valence-electron chi connectivity index (χ1n) is 5.68. The van der Waals surface area contributed by atoms with E-state index < -0.39 is 17.4 Å². The molecule has 0 aromatic carbocycles. The van der Waals surface area contributed by atoms with E-state index in [1.165, 1.54) is 19.6 Å². The van der Waals surface area contributed by atoms with Gasteiger partial charge in [-0.3, -0.25) is 9.59 Å². The Morgan fingerprint density at radius 1 is 1.53 bits per heavy atom. The van der Waals surface area contributed by atoms with E-state index in [9.17, 15) is 9.59 Å². The minimum atomic E-state index is -1.01. The largest absolute Gasteiger partial charge is 0.481 e. The molecule has 1 aromatic heterocycles. The van der Waals surface area contributed by atoms with Gasteiger partial charge >= 0.3 is 5.97 Å². The number of carbonyl (C=O) groups excluding carboxylic acids is 1. The lowest BCUT2D eigenvalue weighted by Gasteiger charge is -2.28. The topological polar surface area (TPSA) is 101 Å². The Morgan fingerprint density at radius 3 is 2.74 bits per heavy atom. The van der Waals surface area contributed by atoms with Crippen molar-refractivity contribution < 1.29 is 19.4 Å². The minimum Gasteiger partial charge on any atom is -0.481 e. The summed E-state index contributed by atoms with van der Waals surface area (Å²) in [5.74, 6) is -1.43. The van der Waals surface area contributed by atoms with Gasteiger partial charge in [-0.25, -0.2) is 9.97 Å². The molecule has 2 N–H and O–H groups in total. The van der Waals surface area contributed by atoms with Crippen molar-refractivity contribution in [3.63, 3.8) is 0 Å². The van der Waals surface area contributed by atoms with Crippen molar-refractivity contribution in [1.82, 2.24) is 15.3 Å². The Labute approximate surface area is 111 Å². The van der Waals surface area contributed by atoms with E-state index in [0.717, 1.165) is 0 Å². The van der Waals surface area contributed by atoms with Gasteiger partial charge in [0.25, 0.3) is 5.91 Å². The van der Waals surface area contributed by atoms with Gasteiger partial charge in [-0.1, -0.05) is 0 Å². The number of aliphatic carboxylic acids is 1. The number of rotatable bonds is 6. The molecule has 0 saturated heterocycles. The fourth-order valence-electron chi connectivity index (χ4n) is 1.74. The van der Waals surface area contributed by atoms with Gasteiger partial charge in [-0.15, -0.1) is 0 Å². The molecule has 104 valence electrons. The summed E-state index contributed by atoms with van der Waals surface area (Å²) in [7, 11) is 1.45. The second kappa shape index (κ2) is 6.24. The Morgan fingerprint density at radius 2 is 2.21 bits per heavy atom. The van der Waals surface area contributed by atoms with Gasteiger partial charge < -0.3 is 15.2 Å². The van der Waals surface area contributed by atoms with Gasteiger partial charge in [-0.2, -0.15) is 0 Å². The standard InChI is InChI=1S/C12H17N3O4/c1-8-9(5-13-7-14-8)11(18)15-12(2,6-19-3)4-10(16)17/h5,7H,4,6H2,1-3H3,(H,15,18)(H,16,17). The van der Waals surface area contributed by atoms with E-state index in [4.69, 9.17) is 9.84 Å². The Balaban J connectivity index is 2.88. The SMILES string of the molecule is COCC(C)(CC(=O)O)NC(=O)c1cncnc1C. The fraction of sp³-hybridized carbons (Fsp3) is 0.500. The van der Waals surface area contributed by atoms with Gasteiger partial charge in [0.15, 0.2) is 0 Å². The lowest BCUT2D eigenvalue weighted by Crippen LogP contribution is -2.51. The molecule has 0 aliphatic rings. The molecular formula is C12H17N3O4. The Kier molecular flexibility index (Phi) is 4.94. The summed E-state index contributed by atoms with van der Waals surface area (Å²) in [4.78, 5) is 30.6. The molecule has 1 heterocycles. The number of aromatic nitrogens is 2. The van der Waals surface area contributed by atoms with Gasteiger partial charge in [0.1, 0.15) is 6.33 Å². The molecule has 19 heavy (non-hydrogen) atoms. The highest BCUT2D eigenvalue weighted by Gasteiger charge is 2.30. The van der Waals surface area contributed by atoms with Gasteiger partial charge in [0.2, 0.25) is 0 Å². The molecule has 0 aliphatic carbocycles. The molecule has 0 spiro atoms. The zero-order chi connectivity index (χ0) is 14.5. The van der Waals surface area contributed by atoms with Crippen LogP contribution >= 0.6 is 0 Å². The normalized spacial score (nSPS) is 13.6. The summed E-state index contributed by atoms with van der Waals surface area (Å²) in [6.45, 7) is 3.39. The van der Waals surface area contributed by atoms with E-state index >= 15 is 0 Å². The summed E-state index contributed by atoms with van der Waals surface area (Å²) in [6.07, 6.45) is 2.50. The summed E-state index contributed by atoms with van der Waals surface area (Å²) >= 11 is 0. The zero-order valence-electron chi connectivity index (χ0n) is 11.1. The Bertz CT molecular complexity index is 478. The summed E-state index contributed by atoms with van der Waals surface area (Å²) in [6, 6.07) is 0. The lowest BCUT2D eigenvalue weighted by atomic mass is 9.98. The van der Waals surface area contributed by atoms with Crippen molar-refractivity contribution in [2.24, 2.45) is 0 Å². The van der Waals surface area contributed by atoms with E-state index in [-0.39, 0.29) is 13.0 Å². The third kappa shape index (κ3) is 4.29. The second-order valence-corrected chi connectivity index (χ2v) is 4.54. The van der Waals surface area contributed by atoms with Crippen molar-refractivity contribution in [2.75, 3.05) is 13.7 Å². The molecule has 7 heteroatoms. The molecule has 1 rings (SSSR count). The number of carboxylic acid groups (broad SMARTS) is 1. The number of methoxy groups -OCH3 is 1. The predicted octanol–water partition coefficient (Wildman–Crippen LogP) is 0.395. The average Bonchev–Trinajstić information content (AvgIpc) is 2.27. The number of carboxylic acids is 1. The maximum absolute atomic E-state index is 12.1. The number of hydrogen-bond donors (Lipinski definition) is 2. The van der Waals surface area contributed by atoms with Crippen LogP contribution in [0.5, 0.6) is 0 Å². The van der Waals surface area contributed by atoms with Crippen molar-refractivity contribution in [3.05, 3.63) is 23.8 Å². The monoisotopic (exact) mass is 267 g/mol. The smallest absolute Gasteiger partial charge is 0.305 e. The number of nitrogens with zero attached hydrogens (tertiary/aromatic N) is 2. The molecule has 0 bridgehead atoms. The number of amides is 1. The molecule has 0 aliphatic heterocycles. The predicted molar refractivity (Wildman–Crippen MR) is 66.8 cm³/mol.